The van der Waals surface area contributed by atoms with E-state index in [2.05, 4.69) is 5.32 Å². The zero-order valence-corrected chi connectivity index (χ0v) is 17.2. The van der Waals surface area contributed by atoms with Crippen molar-refractivity contribution in [2.45, 2.75) is 44.2 Å². The van der Waals surface area contributed by atoms with E-state index in [0.29, 0.717) is 12.1 Å². The van der Waals surface area contributed by atoms with Crippen LogP contribution in [0.25, 0.3) is 0 Å². The summed E-state index contributed by atoms with van der Waals surface area (Å²) in [5, 5.41) is 2.86. The molecular weight excluding hydrogens is 375 g/mol. The van der Waals surface area contributed by atoms with Crippen molar-refractivity contribution in [1.82, 2.24) is 10.2 Å². The van der Waals surface area contributed by atoms with Gasteiger partial charge in [-0.25, -0.2) is 4.39 Å². The minimum atomic E-state index is -0.680. The van der Waals surface area contributed by atoms with Crippen LogP contribution in [0.3, 0.4) is 0 Å². The summed E-state index contributed by atoms with van der Waals surface area (Å²) in [6, 6.07) is 15.3. The van der Waals surface area contributed by atoms with Crippen LogP contribution in [0.4, 0.5) is 4.39 Å². The molecule has 0 aliphatic rings. The lowest BCUT2D eigenvalue weighted by Gasteiger charge is -2.29. The number of hydrogen-bond donors (Lipinski definition) is 1. The van der Waals surface area contributed by atoms with Gasteiger partial charge in [0.15, 0.2) is 0 Å². The Balaban J connectivity index is 2.11. The van der Waals surface area contributed by atoms with Crippen LogP contribution in [0.2, 0.25) is 0 Å². The molecule has 28 heavy (non-hydrogen) atoms. The molecule has 150 valence electrons. The maximum atomic E-state index is 14.1. The van der Waals surface area contributed by atoms with Gasteiger partial charge in [-0.1, -0.05) is 49.7 Å². The average molecular weight is 403 g/mol. The van der Waals surface area contributed by atoms with Crippen LogP contribution in [0.5, 0.6) is 0 Å². The SMILES string of the molecule is CCCCNC(=O)[C@@H](C)N(Cc1ccccc1F)C(=O)CSc1ccccc1. The highest BCUT2D eigenvalue weighted by molar-refractivity contribution is 8.00. The smallest absolute Gasteiger partial charge is 0.242 e. The van der Waals surface area contributed by atoms with Crippen LogP contribution in [-0.4, -0.2) is 35.1 Å². The van der Waals surface area contributed by atoms with Crippen molar-refractivity contribution >= 4 is 23.6 Å². The van der Waals surface area contributed by atoms with Crippen LogP contribution in [0.15, 0.2) is 59.5 Å². The molecule has 4 nitrogen and oxygen atoms in total. The summed E-state index contributed by atoms with van der Waals surface area (Å²) in [6.07, 6.45) is 1.85. The van der Waals surface area contributed by atoms with E-state index in [1.54, 1.807) is 25.1 Å². The second-order valence-electron chi connectivity index (χ2n) is 6.54. The van der Waals surface area contributed by atoms with Crippen molar-refractivity contribution < 1.29 is 14.0 Å². The first-order valence-corrected chi connectivity index (χ1v) is 10.5. The number of amides is 2. The molecule has 2 aromatic carbocycles. The Morgan fingerprint density at radius 2 is 1.79 bits per heavy atom. The van der Waals surface area contributed by atoms with Gasteiger partial charge in [-0.2, -0.15) is 0 Å². The van der Waals surface area contributed by atoms with Gasteiger partial charge in [0.25, 0.3) is 0 Å². The molecule has 0 unspecified atom stereocenters. The summed E-state index contributed by atoms with van der Waals surface area (Å²) in [4.78, 5) is 27.8. The fraction of sp³-hybridized carbons (Fsp3) is 0.364. The van der Waals surface area contributed by atoms with Gasteiger partial charge in [-0.15, -0.1) is 11.8 Å². The van der Waals surface area contributed by atoms with E-state index >= 15 is 0 Å². The zero-order chi connectivity index (χ0) is 20.4. The van der Waals surface area contributed by atoms with Crippen molar-refractivity contribution in [2.75, 3.05) is 12.3 Å². The number of benzene rings is 2. The maximum absolute atomic E-state index is 14.1. The molecule has 0 aromatic heterocycles. The molecule has 0 saturated carbocycles. The lowest BCUT2D eigenvalue weighted by molar-refractivity contribution is -0.138. The lowest BCUT2D eigenvalue weighted by Crippen LogP contribution is -2.48. The van der Waals surface area contributed by atoms with Crippen LogP contribution in [0.1, 0.15) is 32.3 Å². The highest BCUT2D eigenvalue weighted by atomic mass is 32.2. The molecule has 2 rings (SSSR count). The monoisotopic (exact) mass is 402 g/mol. The van der Waals surface area contributed by atoms with E-state index in [0.717, 1.165) is 17.7 Å². The van der Waals surface area contributed by atoms with Gasteiger partial charge in [-0.05, 0) is 31.5 Å². The Morgan fingerprint density at radius 1 is 1.11 bits per heavy atom. The van der Waals surface area contributed by atoms with Crippen LogP contribution >= 0.6 is 11.8 Å². The molecule has 0 fully saturated rings. The minimum Gasteiger partial charge on any atom is -0.354 e. The number of thioether (sulfide) groups is 1. The molecule has 0 spiro atoms. The molecule has 0 aliphatic carbocycles. The molecule has 2 amide bonds. The number of carbonyl (C=O) groups excluding carboxylic acids is 2. The normalized spacial score (nSPS) is 11.7. The molecular formula is C22H27FN2O2S. The molecule has 2 aromatic rings. The summed E-state index contributed by atoms with van der Waals surface area (Å²) in [6.45, 7) is 4.36. The van der Waals surface area contributed by atoms with E-state index in [1.165, 1.54) is 22.7 Å². The Bertz CT molecular complexity index is 770. The van der Waals surface area contributed by atoms with Crippen molar-refractivity contribution in [2.24, 2.45) is 0 Å². The van der Waals surface area contributed by atoms with Crippen LogP contribution in [-0.2, 0) is 16.1 Å². The number of hydrogen-bond acceptors (Lipinski definition) is 3. The largest absolute Gasteiger partial charge is 0.354 e. The molecule has 1 atom stereocenters. The number of nitrogens with zero attached hydrogens (tertiary/aromatic N) is 1. The fourth-order valence-electron chi connectivity index (χ4n) is 2.67. The first-order valence-electron chi connectivity index (χ1n) is 9.51. The third-order valence-corrected chi connectivity index (χ3v) is 5.40. The fourth-order valence-corrected chi connectivity index (χ4v) is 3.48. The van der Waals surface area contributed by atoms with Gasteiger partial charge >= 0.3 is 0 Å². The summed E-state index contributed by atoms with van der Waals surface area (Å²) < 4.78 is 14.1. The predicted octanol–water partition coefficient (Wildman–Crippen LogP) is 4.25. The van der Waals surface area contributed by atoms with Gasteiger partial charge in [0.2, 0.25) is 11.8 Å². The van der Waals surface area contributed by atoms with Gasteiger partial charge in [0.05, 0.1) is 5.75 Å². The topological polar surface area (TPSA) is 49.4 Å². The number of carbonyl (C=O) groups is 2. The number of unbranched alkanes of at least 4 members (excludes halogenated alkanes) is 1. The Morgan fingerprint density at radius 3 is 2.46 bits per heavy atom. The third-order valence-electron chi connectivity index (χ3n) is 4.40. The Kier molecular flexibility index (Phi) is 9.01. The zero-order valence-electron chi connectivity index (χ0n) is 16.4. The first-order chi connectivity index (χ1) is 13.5. The van der Waals surface area contributed by atoms with Crippen molar-refractivity contribution in [1.29, 1.82) is 0 Å². The highest BCUT2D eigenvalue weighted by Crippen LogP contribution is 2.20. The summed E-state index contributed by atoms with van der Waals surface area (Å²) in [7, 11) is 0. The molecule has 0 heterocycles. The van der Waals surface area contributed by atoms with Gasteiger partial charge in [0, 0.05) is 23.5 Å². The van der Waals surface area contributed by atoms with Crippen molar-refractivity contribution in [3.63, 3.8) is 0 Å². The molecule has 1 N–H and O–H groups in total. The number of nitrogens with one attached hydrogen (secondary N) is 1. The van der Waals surface area contributed by atoms with Crippen LogP contribution < -0.4 is 5.32 Å². The number of rotatable bonds is 10. The van der Waals surface area contributed by atoms with Gasteiger partial charge < -0.3 is 10.2 Å². The second kappa shape index (κ2) is 11.5. The average Bonchev–Trinajstić information content (AvgIpc) is 2.71. The van der Waals surface area contributed by atoms with E-state index in [4.69, 9.17) is 0 Å². The summed E-state index contributed by atoms with van der Waals surface area (Å²) in [5.74, 6) is -0.613. The van der Waals surface area contributed by atoms with Gasteiger partial charge in [-0.3, -0.25) is 9.59 Å². The summed E-state index contributed by atoms with van der Waals surface area (Å²) in [5.41, 5.74) is 0.397. The van der Waals surface area contributed by atoms with E-state index in [1.807, 2.05) is 37.3 Å². The predicted molar refractivity (Wildman–Crippen MR) is 111 cm³/mol. The third kappa shape index (κ3) is 6.68. The lowest BCUT2D eigenvalue weighted by atomic mass is 10.1. The van der Waals surface area contributed by atoms with Crippen molar-refractivity contribution in [3.05, 3.63) is 66.0 Å². The number of halogens is 1. The van der Waals surface area contributed by atoms with Gasteiger partial charge in [0.1, 0.15) is 11.9 Å². The van der Waals surface area contributed by atoms with Crippen molar-refractivity contribution in [3.8, 4) is 0 Å². The summed E-state index contributed by atoms with van der Waals surface area (Å²) >= 11 is 1.41. The van der Waals surface area contributed by atoms with Crippen LogP contribution in [0, 0.1) is 5.82 Å². The highest BCUT2D eigenvalue weighted by Gasteiger charge is 2.26. The quantitative estimate of drug-likeness (QED) is 0.477. The van der Waals surface area contributed by atoms with E-state index in [9.17, 15) is 14.0 Å². The van der Waals surface area contributed by atoms with E-state index in [-0.39, 0.29) is 29.9 Å². The first kappa shape index (κ1) is 22.0. The molecule has 0 bridgehead atoms. The molecule has 0 saturated heterocycles. The Labute approximate surface area is 170 Å². The maximum Gasteiger partial charge on any atom is 0.242 e. The molecule has 6 heteroatoms. The second-order valence-corrected chi connectivity index (χ2v) is 7.58. The molecule has 0 aliphatic heterocycles. The Hall–Kier alpha value is -2.34. The molecule has 0 radical (unpaired) electrons. The minimum absolute atomic E-state index is 0.0588. The van der Waals surface area contributed by atoms with E-state index < -0.39 is 6.04 Å². The standard InChI is InChI=1S/C22H27FN2O2S/c1-3-4-14-24-22(27)17(2)25(15-18-10-8-9-13-20(18)23)21(26)16-28-19-11-6-5-7-12-19/h5-13,17H,3-4,14-16H2,1-2H3,(H,24,27)/t17-/m1/s1.